The first kappa shape index (κ1) is 19.6. The summed E-state index contributed by atoms with van der Waals surface area (Å²) in [7, 11) is 0. The summed E-state index contributed by atoms with van der Waals surface area (Å²) in [5.41, 5.74) is 1.93. The molecule has 6 heteroatoms. The SMILES string of the molecule is O=c1c(/C=C/c2ccccc2Cl)c(N2CCN(Cc3ccc(F)cc3)CC2)c1=O. The molecule has 0 atom stereocenters. The highest BCUT2D eigenvalue weighted by atomic mass is 35.5. The van der Waals surface area contributed by atoms with Crippen LogP contribution < -0.4 is 15.8 Å². The lowest BCUT2D eigenvalue weighted by molar-refractivity contribution is 0.249. The zero-order valence-electron chi connectivity index (χ0n) is 15.8. The van der Waals surface area contributed by atoms with Crippen LogP contribution in [0.5, 0.6) is 0 Å². The third-order valence-electron chi connectivity index (χ3n) is 5.26. The molecule has 1 saturated heterocycles. The second-order valence-corrected chi connectivity index (χ2v) is 7.57. The Morgan fingerprint density at radius 2 is 1.59 bits per heavy atom. The molecule has 0 amide bonds. The van der Waals surface area contributed by atoms with E-state index in [4.69, 9.17) is 11.6 Å². The molecule has 3 aromatic rings. The highest BCUT2D eigenvalue weighted by Gasteiger charge is 2.27. The van der Waals surface area contributed by atoms with Gasteiger partial charge in [0.1, 0.15) is 11.5 Å². The molecule has 1 aliphatic heterocycles. The molecule has 0 spiro atoms. The van der Waals surface area contributed by atoms with Crippen LogP contribution in [-0.2, 0) is 6.54 Å². The van der Waals surface area contributed by atoms with E-state index in [0.29, 0.717) is 29.4 Å². The Bertz CT molecular complexity index is 1110. The first-order valence-corrected chi connectivity index (χ1v) is 9.88. The van der Waals surface area contributed by atoms with Crippen molar-refractivity contribution in [2.24, 2.45) is 0 Å². The van der Waals surface area contributed by atoms with Gasteiger partial charge >= 0.3 is 0 Å². The van der Waals surface area contributed by atoms with E-state index in [9.17, 15) is 14.0 Å². The Balaban J connectivity index is 1.43. The number of halogens is 2. The minimum Gasteiger partial charge on any atom is -0.365 e. The maximum atomic E-state index is 13.1. The lowest BCUT2D eigenvalue weighted by Crippen LogP contribution is -2.51. The maximum absolute atomic E-state index is 13.1. The van der Waals surface area contributed by atoms with Gasteiger partial charge in [-0.25, -0.2) is 4.39 Å². The fourth-order valence-corrected chi connectivity index (χ4v) is 3.83. The minimum absolute atomic E-state index is 0.240. The van der Waals surface area contributed by atoms with Crippen molar-refractivity contribution in [2.75, 3.05) is 31.1 Å². The molecule has 148 valence electrons. The van der Waals surface area contributed by atoms with Crippen LogP contribution in [0.25, 0.3) is 12.2 Å². The van der Waals surface area contributed by atoms with Crippen LogP contribution in [0.2, 0.25) is 5.02 Å². The van der Waals surface area contributed by atoms with E-state index in [1.54, 1.807) is 30.4 Å². The summed E-state index contributed by atoms with van der Waals surface area (Å²) in [5.74, 6) is -0.240. The van der Waals surface area contributed by atoms with Gasteiger partial charge in [0, 0.05) is 37.7 Å². The first-order chi connectivity index (χ1) is 14.0. The Morgan fingerprint density at radius 3 is 2.28 bits per heavy atom. The molecule has 0 aromatic heterocycles. The molecule has 0 unspecified atom stereocenters. The fraction of sp³-hybridized carbons (Fsp3) is 0.217. The highest BCUT2D eigenvalue weighted by molar-refractivity contribution is 6.32. The predicted octanol–water partition coefficient (Wildman–Crippen LogP) is 3.57. The van der Waals surface area contributed by atoms with Crippen LogP contribution >= 0.6 is 11.6 Å². The van der Waals surface area contributed by atoms with E-state index in [2.05, 4.69) is 4.90 Å². The van der Waals surface area contributed by atoms with Gasteiger partial charge < -0.3 is 4.90 Å². The van der Waals surface area contributed by atoms with Crippen molar-refractivity contribution in [3.8, 4) is 0 Å². The fourth-order valence-electron chi connectivity index (χ4n) is 3.63. The van der Waals surface area contributed by atoms with E-state index in [-0.39, 0.29) is 5.82 Å². The van der Waals surface area contributed by atoms with Crippen LogP contribution in [-0.4, -0.2) is 31.1 Å². The standard InChI is InChI=1S/C23H20ClFN2O2/c24-20-4-2-1-3-17(20)7-10-19-21(23(29)22(19)28)27-13-11-26(12-14-27)15-16-5-8-18(25)9-6-16/h1-10H,11-15H2/b10-7+. The summed E-state index contributed by atoms with van der Waals surface area (Å²) >= 11 is 6.15. The lowest BCUT2D eigenvalue weighted by atomic mass is 10.0. The Kier molecular flexibility index (Phi) is 5.60. The molecule has 0 radical (unpaired) electrons. The van der Waals surface area contributed by atoms with Crippen molar-refractivity contribution < 1.29 is 4.39 Å². The van der Waals surface area contributed by atoms with Gasteiger partial charge in [-0.05, 0) is 35.4 Å². The Morgan fingerprint density at radius 1 is 0.897 bits per heavy atom. The van der Waals surface area contributed by atoms with Gasteiger partial charge in [-0.3, -0.25) is 14.5 Å². The van der Waals surface area contributed by atoms with Crippen molar-refractivity contribution in [3.05, 3.63) is 96.5 Å². The topological polar surface area (TPSA) is 40.6 Å². The van der Waals surface area contributed by atoms with E-state index >= 15 is 0 Å². The molecule has 0 bridgehead atoms. The predicted molar refractivity (Wildman–Crippen MR) is 116 cm³/mol. The number of hydrogen-bond acceptors (Lipinski definition) is 4. The van der Waals surface area contributed by atoms with Gasteiger partial charge in [0.15, 0.2) is 0 Å². The summed E-state index contributed by atoms with van der Waals surface area (Å²) < 4.78 is 13.1. The molecule has 1 aliphatic rings. The lowest BCUT2D eigenvalue weighted by Gasteiger charge is -2.36. The van der Waals surface area contributed by atoms with Crippen LogP contribution in [0.1, 0.15) is 16.7 Å². The smallest absolute Gasteiger partial charge is 0.250 e. The van der Waals surface area contributed by atoms with Crippen LogP contribution in [0.3, 0.4) is 0 Å². The molecular weight excluding hydrogens is 391 g/mol. The van der Waals surface area contributed by atoms with Crippen molar-refractivity contribution in [2.45, 2.75) is 6.54 Å². The van der Waals surface area contributed by atoms with E-state index in [1.165, 1.54) is 12.1 Å². The summed E-state index contributed by atoms with van der Waals surface area (Å²) in [6.07, 6.45) is 3.46. The van der Waals surface area contributed by atoms with Gasteiger partial charge in [-0.15, -0.1) is 0 Å². The van der Waals surface area contributed by atoms with Crippen molar-refractivity contribution >= 4 is 29.4 Å². The average Bonchev–Trinajstić information content (AvgIpc) is 2.74. The van der Waals surface area contributed by atoms with Crippen LogP contribution in [0.4, 0.5) is 10.1 Å². The summed E-state index contributed by atoms with van der Waals surface area (Å²) in [4.78, 5) is 28.5. The molecule has 0 N–H and O–H groups in total. The Hall–Kier alpha value is -2.76. The zero-order valence-corrected chi connectivity index (χ0v) is 16.5. The number of benzene rings is 2. The molecule has 1 fully saturated rings. The molecule has 4 nitrogen and oxygen atoms in total. The molecule has 0 aliphatic carbocycles. The van der Waals surface area contributed by atoms with Gasteiger partial charge in [-0.2, -0.15) is 0 Å². The quantitative estimate of drug-likeness (QED) is 0.603. The van der Waals surface area contributed by atoms with E-state index in [0.717, 1.165) is 30.8 Å². The van der Waals surface area contributed by atoms with Gasteiger partial charge in [0.05, 0.1) is 5.56 Å². The third-order valence-corrected chi connectivity index (χ3v) is 5.61. The molecular formula is C23H20ClFN2O2. The second kappa shape index (κ2) is 8.31. The molecule has 1 heterocycles. The molecule has 0 saturated carbocycles. The number of hydrogen-bond donors (Lipinski definition) is 0. The summed E-state index contributed by atoms with van der Waals surface area (Å²) in [6.45, 7) is 3.60. The number of rotatable bonds is 5. The minimum atomic E-state index is -0.447. The van der Waals surface area contributed by atoms with E-state index < -0.39 is 10.9 Å². The molecule has 29 heavy (non-hydrogen) atoms. The van der Waals surface area contributed by atoms with E-state index in [1.807, 2.05) is 23.1 Å². The van der Waals surface area contributed by atoms with Crippen LogP contribution in [0.15, 0.2) is 58.1 Å². The maximum Gasteiger partial charge on any atom is 0.250 e. The van der Waals surface area contributed by atoms with Gasteiger partial charge in [-0.1, -0.05) is 48.0 Å². The largest absolute Gasteiger partial charge is 0.365 e. The average molecular weight is 411 g/mol. The number of anilines is 1. The first-order valence-electron chi connectivity index (χ1n) is 9.50. The Labute approximate surface area is 173 Å². The monoisotopic (exact) mass is 410 g/mol. The molecule has 3 aromatic carbocycles. The van der Waals surface area contributed by atoms with Crippen molar-refractivity contribution in [1.29, 1.82) is 0 Å². The normalized spacial score (nSPS) is 15.4. The summed E-state index contributed by atoms with van der Waals surface area (Å²) in [5, 5.41) is 0.596. The van der Waals surface area contributed by atoms with Crippen molar-refractivity contribution in [1.82, 2.24) is 4.90 Å². The van der Waals surface area contributed by atoms with Crippen LogP contribution in [0, 0.1) is 5.82 Å². The zero-order chi connectivity index (χ0) is 20.4. The van der Waals surface area contributed by atoms with Crippen molar-refractivity contribution in [3.63, 3.8) is 0 Å². The second-order valence-electron chi connectivity index (χ2n) is 7.17. The third kappa shape index (κ3) is 4.16. The van der Waals surface area contributed by atoms with Gasteiger partial charge in [0.2, 0.25) is 10.9 Å². The molecule has 4 rings (SSSR count). The van der Waals surface area contributed by atoms with Gasteiger partial charge in [0.25, 0.3) is 0 Å². The number of nitrogens with zero attached hydrogens (tertiary/aromatic N) is 2. The highest BCUT2D eigenvalue weighted by Crippen LogP contribution is 2.22. The summed E-state index contributed by atoms with van der Waals surface area (Å²) in [6, 6.07) is 13.9. The number of piperazine rings is 1.